The van der Waals surface area contributed by atoms with Gasteiger partial charge in [-0.05, 0) is 29.8 Å². The summed E-state index contributed by atoms with van der Waals surface area (Å²) in [4.78, 5) is 25.6. The second-order valence-electron chi connectivity index (χ2n) is 4.87. The van der Waals surface area contributed by atoms with E-state index in [2.05, 4.69) is 15.9 Å². The van der Waals surface area contributed by atoms with Gasteiger partial charge in [-0.2, -0.15) is 0 Å². The summed E-state index contributed by atoms with van der Waals surface area (Å²) in [7, 11) is 0. The molecule has 0 bridgehead atoms. The van der Waals surface area contributed by atoms with Crippen LogP contribution in [0.4, 0.5) is 5.69 Å². The Morgan fingerprint density at radius 2 is 1.90 bits per heavy atom. The average Bonchev–Trinajstić information content (AvgIpc) is 2.86. The molecule has 1 N–H and O–H groups in total. The van der Waals surface area contributed by atoms with Crippen LogP contribution >= 0.6 is 15.9 Å². The summed E-state index contributed by atoms with van der Waals surface area (Å²) in [5.74, 6) is -1.29. The molecule has 0 aromatic heterocycles. The maximum Gasteiger partial charge on any atom is 0.327 e. The monoisotopic (exact) mass is 345 g/mol. The SMILES string of the molecule is O=C(O)[C@@H]1Cc2ccccc2N1C(=O)c1cccc(Br)c1. The number of carbonyl (C=O) groups is 2. The first kappa shape index (κ1) is 13.8. The van der Waals surface area contributed by atoms with Gasteiger partial charge in [0.25, 0.3) is 5.91 Å². The van der Waals surface area contributed by atoms with E-state index < -0.39 is 12.0 Å². The molecule has 5 heteroatoms. The molecule has 2 aromatic carbocycles. The van der Waals surface area contributed by atoms with Crippen LogP contribution in [-0.2, 0) is 11.2 Å². The van der Waals surface area contributed by atoms with Crippen molar-refractivity contribution in [1.82, 2.24) is 0 Å². The smallest absolute Gasteiger partial charge is 0.327 e. The molecule has 0 saturated carbocycles. The lowest BCUT2D eigenvalue weighted by Gasteiger charge is -2.22. The van der Waals surface area contributed by atoms with E-state index in [9.17, 15) is 14.7 Å². The van der Waals surface area contributed by atoms with Crippen molar-refractivity contribution in [2.24, 2.45) is 0 Å². The summed E-state index contributed by atoms with van der Waals surface area (Å²) < 4.78 is 0.785. The van der Waals surface area contributed by atoms with Crippen LogP contribution in [0.25, 0.3) is 0 Å². The van der Waals surface area contributed by atoms with Crippen LogP contribution in [0.3, 0.4) is 0 Å². The maximum atomic E-state index is 12.7. The molecule has 0 radical (unpaired) electrons. The highest BCUT2D eigenvalue weighted by atomic mass is 79.9. The quantitative estimate of drug-likeness (QED) is 0.909. The number of hydrogen-bond donors (Lipinski definition) is 1. The van der Waals surface area contributed by atoms with Gasteiger partial charge < -0.3 is 5.11 Å². The summed E-state index contributed by atoms with van der Waals surface area (Å²) in [5.41, 5.74) is 2.02. The summed E-state index contributed by atoms with van der Waals surface area (Å²) in [5, 5.41) is 9.40. The number of nitrogens with zero attached hydrogens (tertiary/aromatic N) is 1. The Kier molecular flexibility index (Phi) is 3.51. The first-order valence-corrected chi connectivity index (χ1v) is 7.27. The standard InChI is InChI=1S/C16H12BrNO3/c17-12-6-3-5-11(8-12)15(19)18-13-7-2-1-4-10(13)9-14(18)16(20)21/h1-8,14H,9H2,(H,20,21)/t14-/m0/s1. The highest BCUT2D eigenvalue weighted by Gasteiger charge is 2.38. The van der Waals surface area contributed by atoms with Gasteiger partial charge >= 0.3 is 5.97 Å². The van der Waals surface area contributed by atoms with Gasteiger partial charge in [0, 0.05) is 22.1 Å². The van der Waals surface area contributed by atoms with Crippen molar-refractivity contribution in [2.45, 2.75) is 12.5 Å². The Labute approximate surface area is 130 Å². The van der Waals surface area contributed by atoms with Crippen molar-refractivity contribution in [3.8, 4) is 0 Å². The number of halogens is 1. The Morgan fingerprint density at radius 3 is 2.62 bits per heavy atom. The molecule has 1 heterocycles. The number of anilines is 1. The minimum absolute atomic E-state index is 0.298. The number of benzene rings is 2. The Morgan fingerprint density at radius 1 is 1.14 bits per heavy atom. The van der Waals surface area contributed by atoms with Crippen LogP contribution in [0.1, 0.15) is 15.9 Å². The highest BCUT2D eigenvalue weighted by molar-refractivity contribution is 9.10. The third-order valence-corrected chi connectivity index (χ3v) is 4.04. The van der Waals surface area contributed by atoms with E-state index >= 15 is 0 Å². The highest BCUT2D eigenvalue weighted by Crippen LogP contribution is 2.33. The number of aliphatic carboxylic acids is 1. The van der Waals surface area contributed by atoms with Crippen LogP contribution in [-0.4, -0.2) is 23.0 Å². The van der Waals surface area contributed by atoms with Crippen LogP contribution in [0.15, 0.2) is 53.0 Å². The molecule has 1 atom stereocenters. The molecule has 2 aromatic rings. The van der Waals surface area contributed by atoms with E-state index in [0.717, 1.165) is 10.0 Å². The van der Waals surface area contributed by atoms with Crippen LogP contribution in [0, 0.1) is 0 Å². The molecular weight excluding hydrogens is 334 g/mol. The lowest BCUT2D eigenvalue weighted by Crippen LogP contribution is -2.42. The van der Waals surface area contributed by atoms with Gasteiger partial charge in [-0.25, -0.2) is 4.79 Å². The number of rotatable bonds is 2. The van der Waals surface area contributed by atoms with Crippen LogP contribution < -0.4 is 4.90 Å². The second kappa shape index (κ2) is 5.33. The van der Waals surface area contributed by atoms with Gasteiger partial charge in [0.2, 0.25) is 0 Å². The van der Waals surface area contributed by atoms with E-state index in [1.807, 2.05) is 24.3 Å². The minimum Gasteiger partial charge on any atom is -0.480 e. The molecule has 4 nitrogen and oxygen atoms in total. The molecule has 1 aliphatic rings. The molecule has 3 rings (SSSR count). The molecule has 0 unspecified atom stereocenters. The van der Waals surface area contributed by atoms with Crippen molar-refractivity contribution >= 4 is 33.5 Å². The third kappa shape index (κ3) is 2.45. The number of para-hydroxylation sites is 1. The molecule has 0 fully saturated rings. The fourth-order valence-electron chi connectivity index (χ4n) is 2.60. The lowest BCUT2D eigenvalue weighted by molar-refractivity contribution is -0.138. The minimum atomic E-state index is -0.991. The summed E-state index contributed by atoms with van der Waals surface area (Å²) in [6.07, 6.45) is 0.339. The van der Waals surface area contributed by atoms with Gasteiger partial charge in [-0.1, -0.05) is 40.2 Å². The predicted octanol–water partition coefficient (Wildman–Crippen LogP) is 3.11. The first-order valence-electron chi connectivity index (χ1n) is 6.48. The number of amides is 1. The molecule has 106 valence electrons. The zero-order valence-electron chi connectivity index (χ0n) is 11.0. The Bertz CT molecular complexity index is 729. The predicted molar refractivity (Wildman–Crippen MR) is 82.5 cm³/mol. The first-order chi connectivity index (χ1) is 10.1. The fourth-order valence-corrected chi connectivity index (χ4v) is 2.99. The molecule has 0 spiro atoms. The van der Waals surface area contributed by atoms with E-state index in [0.29, 0.717) is 17.7 Å². The van der Waals surface area contributed by atoms with E-state index in [-0.39, 0.29) is 5.91 Å². The van der Waals surface area contributed by atoms with Crippen molar-refractivity contribution < 1.29 is 14.7 Å². The maximum absolute atomic E-state index is 12.7. The van der Waals surface area contributed by atoms with Gasteiger partial charge in [-0.3, -0.25) is 9.69 Å². The number of carboxylic acids is 1. The van der Waals surface area contributed by atoms with E-state index in [4.69, 9.17) is 0 Å². The second-order valence-corrected chi connectivity index (χ2v) is 5.79. The van der Waals surface area contributed by atoms with E-state index in [1.165, 1.54) is 4.90 Å². The summed E-state index contributed by atoms with van der Waals surface area (Å²) in [6.45, 7) is 0. The van der Waals surface area contributed by atoms with Gasteiger partial charge in [0.15, 0.2) is 0 Å². The topological polar surface area (TPSA) is 57.6 Å². The lowest BCUT2D eigenvalue weighted by atomic mass is 10.1. The van der Waals surface area contributed by atoms with Crippen LogP contribution in [0.5, 0.6) is 0 Å². The van der Waals surface area contributed by atoms with Gasteiger partial charge in [-0.15, -0.1) is 0 Å². The zero-order valence-corrected chi connectivity index (χ0v) is 12.6. The van der Waals surface area contributed by atoms with Gasteiger partial charge in [0.05, 0.1) is 0 Å². The van der Waals surface area contributed by atoms with Crippen molar-refractivity contribution in [1.29, 1.82) is 0 Å². The summed E-state index contributed by atoms with van der Waals surface area (Å²) in [6, 6.07) is 13.4. The van der Waals surface area contributed by atoms with E-state index in [1.54, 1.807) is 24.3 Å². The number of carboxylic acid groups (broad SMARTS) is 1. The molecule has 21 heavy (non-hydrogen) atoms. The molecule has 1 aliphatic heterocycles. The van der Waals surface area contributed by atoms with Crippen LogP contribution in [0.2, 0.25) is 0 Å². The number of hydrogen-bond acceptors (Lipinski definition) is 2. The largest absolute Gasteiger partial charge is 0.480 e. The number of carbonyl (C=O) groups excluding carboxylic acids is 1. The van der Waals surface area contributed by atoms with Crippen molar-refractivity contribution in [3.05, 3.63) is 64.1 Å². The molecular formula is C16H12BrNO3. The Hall–Kier alpha value is -2.14. The van der Waals surface area contributed by atoms with Crippen molar-refractivity contribution in [3.63, 3.8) is 0 Å². The Balaban J connectivity index is 2.05. The van der Waals surface area contributed by atoms with Crippen molar-refractivity contribution in [2.75, 3.05) is 4.90 Å². The average molecular weight is 346 g/mol. The molecule has 0 saturated heterocycles. The zero-order chi connectivity index (χ0) is 15.0. The molecule has 0 aliphatic carbocycles. The third-order valence-electron chi connectivity index (χ3n) is 3.55. The number of fused-ring (bicyclic) bond motifs is 1. The van der Waals surface area contributed by atoms with Gasteiger partial charge in [0.1, 0.15) is 6.04 Å². The normalized spacial score (nSPS) is 16.6. The molecule has 1 amide bonds. The summed E-state index contributed by atoms with van der Waals surface area (Å²) >= 11 is 3.33. The fraction of sp³-hybridized carbons (Fsp3) is 0.125.